The van der Waals surface area contributed by atoms with Crippen LogP contribution in [-0.4, -0.2) is 18.1 Å². The SMILES string of the molecule is CCCCOP(=O)(O)OCCCC.[H-].[Na+]. The van der Waals surface area contributed by atoms with Gasteiger partial charge in [0, 0.05) is 0 Å². The van der Waals surface area contributed by atoms with Gasteiger partial charge in [0.25, 0.3) is 0 Å². The summed E-state index contributed by atoms with van der Waals surface area (Å²) in [6, 6.07) is 0. The molecule has 0 unspecified atom stereocenters. The third-order valence-corrected chi connectivity index (χ3v) is 2.52. The van der Waals surface area contributed by atoms with E-state index in [1.807, 2.05) is 13.8 Å². The van der Waals surface area contributed by atoms with Gasteiger partial charge in [0.15, 0.2) is 0 Å². The molecule has 14 heavy (non-hydrogen) atoms. The van der Waals surface area contributed by atoms with E-state index in [4.69, 9.17) is 13.9 Å². The summed E-state index contributed by atoms with van der Waals surface area (Å²) in [4.78, 5) is 9.08. The Kier molecular flexibility index (Phi) is 13.3. The van der Waals surface area contributed by atoms with Gasteiger partial charge >= 0.3 is 37.4 Å². The van der Waals surface area contributed by atoms with Crippen LogP contribution >= 0.6 is 7.82 Å². The Morgan fingerprint density at radius 1 is 1.14 bits per heavy atom. The number of rotatable bonds is 8. The Hall–Kier alpha value is 1.11. The molecule has 0 fully saturated rings. The van der Waals surface area contributed by atoms with Crippen LogP contribution in [0.1, 0.15) is 41.0 Å². The van der Waals surface area contributed by atoms with Crippen LogP contribution in [0, 0.1) is 0 Å². The van der Waals surface area contributed by atoms with Crippen molar-refractivity contribution in [1.29, 1.82) is 0 Å². The summed E-state index contributed by atoms with van der Waals surface area (Å²) in [5.74, 6) is 0. The molecule has 6 heteroatoms. The van der Waals surface area contributed by atoms with Gasteiger partial charge in [-0.05, 0) is 12.8 Å². The third kappa shape index (κ3) is 11.2. The maximum absolute atomic E-state index is 11.1. The van der Waals surface area contributed by atoms with Crippen LogP contribution < -0.4 is 29.6 Å². The normalized spacial score (nSPS) is 11.1. The fourth-order valence-corrected chi connectivity index (χ4v) is 1.48. The molecular weight excluding hydrogens is 214 g/mol. The third-order valence-electron chi connectivity index (χ3n) is 1.50. The van der Waals surface area contributed by atoms with Gasteiger partial charge in [-0.2, -0.15) is 0 Å². The van der Waals surface area contributed by atoms with Crippen molar-refractivity contribution < 1.29 is 49.5 Å². The molecule has 0 atom stereocenters. The van der Waals surface area contributed by atoms with Crippen molar-refractivity contribution in [2.75, 3.05) is 13.2 Å². The van der Waals surface area contributed by atoms with Crippen LogP contribution in [0.15, 0.2) is 0 Å². The van der Waals surface area contributed by atoms with E-state index in [0.717, 1.165) is 25.7 Å². The quantitative estimate of drug-likeness (QED) is 0.360. The van der Waals surface area contributed by atoms with E-state index < -0.39 is 7.82 Å². The topological polar surface area (TPSA) is 55.8 Å². The maximum Gasteiger partial charge on any atom is 1.00 e. The van der Waals surface area contributed by atoms with Gasteiger partial charge in [-0.1, -0.05) is 26.7 Å². The van der Waals surface area contributed by atoms with Gasteiger partial charge in [-0.25, -0.2) is 4.57 Å². The molecule has 0 aromatic heterocycles. The van der Waals surface area contributed by atoms with Gasteiger partial charge in [-0.15, -0.1) is 0 Å². The van der Waals surface area contributed by atoms with Gasteiger partial charge in [0.05, 0.1) is 13.2 Å². The monoisotopic (exact) mass is 234 g/mol. The molecule has 0 radical (unpaired) electrons. The standard InChI is InChI=1S/C8H19O4P.Na.H/c1-3-5-7-11-13(9,10)12-8-6-4-2;;/h3-8H2,1-2H3,(H,9,10);;/q;+1;-1. The summed E-state index contributed by atoms with van der Waals surface area (Å²) in [5, 5.41) is 0. The first-order chi connectivity index (χ1) is 6.12. The zero-order valence-electron chi connectivity index (χ0n) is 10.4. The summed E-state index contributed by atoms with van der Waals surface area (Å²) in [6.07, 6.45) is 3.44. The molecule has 1 N–H and O–H groups in total. The smallest absolute Gasteiger partial charge is 1.00 e. The van der Waals surface area contributed by atoms with Gasteiger partial charge in [-0.3, -0.25) is 9.05 Å². The van der Waals surface area contributed by atoms with Crippen LogP contribution in [0.2, 0.25) is 0 Å². The number of phosphoric ester groups is 1. The molecule has 0 aliphatic rings. The molecule has 0 rings (SSSR count). The summed E-state index contributed by atoms with van der Waals surface area (Å²) >= 11 is 0. The molecule has 0 aromatic carbocycles. The van der Waals surface area contributed by atoms with E-state index in [-0.39, 0.29) is 44.2 Å². The molecular formula is C8H20NaO4P. The maximum atomic E-state index is 11.1. The van der Waals surface area contributed by atoms with Crippen molar-refractivity contribution in [3.05, 3.63) is 0 Å². The van der Waals surface area contributed by atoms with Gasteiger partial charge < -0.3 is 6.32 Å². The summed E-state index contributed by atoms with van der Waals surface area (Å²) in [6.45, 7) is 4.56. The minimum atomic E-state index is -3.75. The van der Waals surface area contributed by atoms with Crippen LogP contribution in [0.5, 0.6) is 0 Å². The number of unbranched alkanes of at least 4 members (excludes halogenated alkanes) is 2. The minimum absolute atomic E-state index is 0. The molecule has 0 saturated carbocycles. The number of hydrogen-bond donors (Lipinski definition) is 1. The molecule has 0 spiro atoms. The van der Waals surface area contributed by atoms with Crippen molar-refractivity contribution in [2.45, 2.75) is 39.5 Å². The van der Waals surface area contributed by atoms with Crippen molar-refractivity contribution in [3.63, 3.8) is 0 Å². The van der Waals surface area contributed by atoms with Crippen molar-refractivity contribution in [1.82, 2.24) is 0 Å². The fourth-order valence-electron chi connectivity index (χ4n) is 0.686. The molecule has 0 amide bonds. The Bertz CT molecular complexity index is 157. The largest absolute Gasteiger partial charge is 1.00 e. The zero-order valence-corrected chi connectivity index (χ0v) is 12.3. The van der Waals surface area contributed by atoms with E-state index in [9.17, 15) is 4.57 Å². The average molecular weight is 234 g/mol. The molecule has 82 valence electrons. The second-order valence-corrected chi connectivity index (χ2v) is 4.30. The van der Waals surface area contributed by atoms with E-state index in [0.29, 0.717) is 0 Å². The van der Waals surface area contributed by atoms with Crippen molar-refractivity contribution >= 4 is 7.82 Å². The van der Waals surface area contributed by atoms with Crippen LogP contribution in [0.4, 0.5) is 0 Å². The minimum Gasteiger partial charge on any atom is -1.00 e. The molecule has 0 saturated heterocycles. The molecule has 0 aliphatic carbocycles. The second-order valence-electron chi connectivity index (χ2n) is 2.84. The molecule has 0 aromatic rings. The first-order valence-electron chi connectivity index (χ1n) is 4.74. The Labute approximate surface area is 110 Å². The average Bonchev–Trinajstić information content (AvgIpc) is 2.05. The summed E-state index contributed by atoms with van der Waals surface area (Å²) < 4.78 is 20.5. The van der Waals surface area contributed by atoms with Crippen molar-refractivity contribution in [3.8, 4) is 0 Å². The van der Waals surface area contributed by atoms with E-state index >= 15 is 0 Å². The van der Waals surface area contributed by atoms with E-state index in [2.05, 4.69) is 0 Å². The number of phosphoric acid groups is 1. The second kappa shape index (κ2) is 10.6. The number of hydrogen-bond acceptors (Lipinski definition) is 3. The predicted octanol–water partition coefficient (Wildman–Crippen LogP) is -0.163. The van der Waals surface area contributed by atoms with Crippen LogP contribution in [0.3, 0.4) is 0 Å². The molecule has 0 bridgehead atoms. The first kappa shape index (κ1) is 17.5. The summed E-state index contributed by atoms with van der Waals surface area (Å²) in [5.41, 5.74) is 0. The fraction of sp³-hybridized carbons (Fsp3) is 1.00. The van der Waals surface area contributed by atoms with Crippen LogP contribution in [-0.2, 0) is 13.6 Å². The predicted molar refractivity (Wildman–Crippen MR) is 52.7 cm³/mol. The van der Waals surface area contributed by atoms with Gasteiger partial charge in [0.2, 0.25) is 0 Å². The molecule has 4 nitrogen and oxygen atoms in total. The van der Waals surface area contributed by atoms with Crippen molar-refractivity contribution in [2.24, 2.45) is 0 Å². The summed E-state index contributed by atoms with van der Waals surface area (Å²) in [7, 11) is -3.75. The van der Waals surface area contributed by atoms with Crippen LogP contribution in [0.25, 0.3) is 0 Å². The zero-order chi connectivity index (χ0) is 10.2. The van der Waals surface area contributed by atoms with E-state index in [1.54, 1.807) is 0 Å². The Morgan fingerprint density at radius 3 is 1.79 bits per heavy atom. The van der Waals surface area contributed by atoms with E-state index in [1.165, 1.54) is 0 Å². The Balaban J connectivity index is -0.000000720. The molecule has 0 aliphatic heterocycles. The Morgan fingerprint density at radius 2 is 1.50 bits per heavy atom. The first-order valence-corrected chi connectivity index (χ1v) is 6.23. The molecule has 0 heterocycles. The van der Waals surface area contributed by atoms with Gasteiger partial charge in [0.1, 0.15) is 0 Å².